The molecule has 80 valence electrons. The Bertz CT molecular complexity index is 337. The molecule has 15 heavy (non-hydrogen) atoms. The molecule has 2 aliphatic heterocycles. The van der Waals surface area contributed by atoms with Crippen LogP contribution in [0.1, 0.15) is 37.2 Å². The fourth-order valence-electron chi connectivity index (χ4n) is 2.96. The van der Waals surface area contributed by atoms with Gasteiger partial charge in [0.2, 0.25) is 5.95 Å². The molecular weight excluding hydrogens is 191 g/mol. The molecule has 2 aliphatic rings. The highest BCUT2D eigenvalue weighted by atomic mass is 19.1. The van der Waals surface area contributed by atoms with Crippen LogP contribution in [0.3, 0.4) is 0 Å². The maximum Gasteiger partial charge on any atom is 0.212 e. The van der Waals surface area contributed by atoms with Crippen LogP contribution >= 0.6 is 0 Å². The van der Waals surface area contributed by atoms with Gasteiger partial charge in [0, 0.05) is 18.3 Å². The smallest absolute Gasteiger partial charge is 0.212 e. The van der Waals surface area contributed by atoms with Gasteiger partial charge in [-0.05, 0) is 43.2 Å². The van der Waals surface area contributed by atoms with Crippen molar-refractivity contribution in [2.75, 3.05) is 0 Å². The van der Waals surface area contributed by atoms with Crippen molar-refractivity contribution in [2.45, 2.75) is 43.7 Å². The number of aromatic nitrogens is 1. The van der Waals surface area contributed by atoms with Crippen LogP contribution in [-0.4, -0.2) is 17.1 Å². The Morgan fingerprint density at radius 3 is 2.53 bits per heavy atom. The van der Waals surface area contributed by atoms with E-state index in [0.29, 0.717) is 18.0 Å². The molecule has 2 bridgehead atoms. The first kappa shape index (κ1) is 9.28. The molecule has 1 aromatic heterocycles. The van der Waals surface area contributed by atoms with Gasteiger partial charge in [-0.2, -0.15) is 4.39 Å². The molecule has 3 rings (SSSR count). The molecule has 1 N–H and O–H groups in total. The van der Waals surface area contributed by atoms with E-state index in [1.165, 1.54) is 37.3 Å². The molecule has 3 atom stereocenters. The Hall–Kier alpha value is -0.960. The maximum absolute atomic E-state index is 12.7. The molecule has 2 fully saturated rings. The summed E-state index contributed by atoms with van der Waals surface area (Å²) in [5.41, 5.74) is 1.20. The summed E-state index contributed by atoms with van der Waals surface area (Å²) in [6.07, 6.45) is 6.67. The van der Waals surface area contributed by atoms with Gasteiger partial charge in [-0.25, -0.2) is 4.98 Å². The average Bonchev–Trinajstić information content (AvgIpc) is 2.59. The zero-order valence-electron chi connectivity index (χ0n) is 8.62. The van der Waals surface area contributed by atoms with Gasteiger partial charge in [-0.15, -0.1) is 0 Å². The fraction of sp³-hybridized carbons (Fsp3) is 0.583. The number of hydrogen-bond donors (Lipinski definition) is 1. The zero-order chi connectivity index (χ0) is 10.3. The van der Waals surface area contributed by atoms with Crippen LogP contribution in [0.2, 0.25) is 0 Å². The Morgan fingerprint density at radius 1 is 1.20 bits per heavy atom. The van der Waals surface area contributed by atoms with Crippen molar-refractivity contribution in [2.24, 2.45) is 0 Å². The summed E-state index contributed by atoms with van der Waals surface area (Å²) >= 11 is 0. The second-order valence-electron chi connectivity index (χ2n) is 4.72. The third kappa shape index (κ3) is 1.76. The minimum Gasteiger partial charge on any atom is -0.311 e. The molecule has 1 unspecified atom stereocenters. The molecule has 3 heterocycles. The van der Waals surface area contributed by atoms with Crippen molar-refractivity contribution in [1.29, 1.82) is 0 Å². The van der Waals surface area contributed by atoms with E-state index >= 15 is 0 Å². The summed E-state index contributed by atoms with van der Waals surface area (Å²) in [5.74, 6) is 0.201. The van der Waals surface area contributed by atoms with Crippen LogP contribution in [0.25, 0.3) is 0 Å². The Balaban J connectivity index is 1.80. The normalized spacial score (nSPS) is 34.3. The second kappa shape index (κ2) is 3.56. The Labute approximate surface area is 88.9 Å². The van der Waals surface area contributed by atoms with Crippen LogP contribution in [0.5, 0.6) is 0 Å². The summed E-state index contributed by atoms with van der Waals surface area (Å²) in [6.45, 7) is 0. The quantitative estimate of drug-likeness (QED) is 0.713. The first-order chi connectivity index (χ1) is 7.31. The summed E-state index contributed by atoms with van der Waals surface area (Å²) < 4.78 is 12.7. The number of pyridine rings is 1. The van der Waals surface area contributed by atoms with Crippen molar-refractivity contribution in [1.82, 2.24) is 10.3 Å². The highest BCUT2D eigenvalue weighted by Gasteiger charge is 2.33. The zero-order valence-corrected chi connectivity index (χ0v) is 8.62. The van der Waals surface area contributed by atoms with Crippen LogP contribution in [0.4, 0.5) is 4.39 Å². The van der Waals surface area contributed by atoms with Gasteiger partial charge in [0.15, 0.2) is 0 Å². The first-order valence-electron chi connectivity index (χ1n) is 5.69. The van der Waals surface area contributed by atoms with E-state index in [0.717, 1.165) is 0 Å². The summed E-state index contributed by atoms with van der Waals surface area (Å²) in [4.78, 5) is 3.74. The number of rotatable bonds is 1. The monoisotopic (exact) mass is 206 g/mol. The molecule has 0 saturated carbocycles. The Morgan fingerprint density at radius 2 is 1.93 bits per heavy atom. The SMILES string of the molecule is Fc1ccc(C2C[C@H]3CC[C@@H](C2)N3)cn1. The lowest BCUT2D eigenvalue weighted by Crippen LogP contribution is -2.37. The van der Waals surface area contributed by atoms with Crippen LogP contribution in [0.15, 0.2) is 18.3 Å². The second-order valence-corrected chi connectivity index (χ2v) is 4.72. The summed E-state index contributed by atoms with van der Waals surface area (Å²) in [5, 5.41) is 3.61. The summed E-state index contributed by atoms with van der Waals surface area (Å²) in [6, 6.07) is 4.72. The van der Waals surface area contributed by atoms with Crippen molar-refractivity contribution in [3.63, 3.8) is 0 Å². The van der Waals surface area contributed by atoms with Gasteiger partial charge >= 0.3 is 0 Å². The number of piperidine rings is 1. The number of halogens is 1. The van der Waals surface area contributed by atoms with Gasteiger partial charge in [0.1, 0.15) is 0 Å². The fourth-order valence-corrected chi connectivity index (χ4v) is 2.96. The third-order valence-corrected chi connectivity index (χ3v) is 3.69. The van der Waals surface area contributed by atoms with E-state index < -0.39 is 0 Å². The Kier molecular flexibility index (Phi) is 2.20. The van der Waals surface area contributed by atoms with E-state index in [4.69, 9.17) is 0 Å². The van der Waals surface area contributed by atoms with E-state index in [9.17, 15) is 4.39 Å². The predicted octanol–water partition coefficient (Wildman–Crippen LogP) is 2.22. The van der Waals surface area contributed by atoms with Crippen LogP contribution < -0.4 is 5.32 Å². The summed E-state index contributed by atoms with van der Waals surface area (Å²) in [7, 11) is 0. The minimum atomic E-state index is -0.379. The van der Waals surface area contributed by atoms with Gasteiger partial charge in [-0.1, -0.05) is 6.07 Å². The third-order valence-electron chi connectivity index (χ3n) is 3.69. The van der Waals surface area contributed by atoms with Crippen LogP contribution in [-0.2, 0) is 0 Å². The molecule has 0 amide bonds. The van der Waals surface area contributed by atoms with Gasteiger partial charge < -0.3 is 5.32 Å². The molecular formula is C12H15FN2. The molecule has 0 spiro atoms. The highest BCUT2D eigenvalue weighted by molar-refractivity contribution is 5.18. The topological polar surface area (TPSA) is 24.9 Å². The van der Waals surface area contributed by atoms with Crippen LogP contribution in [0, 0.1) is 5.95 Å². The lowest BCUT2D eigenvalue weighted by atomic mass is 9.87. The number of fused-ring (bicyclic) bond motifs is 2. The van der Waals surface area contributed by atoms with Crippen molar-refractivity contribution in [3.05, 3.63) is 29.8 Å². The highest BCUT2D eigenvalue weighted by Crippen LogP contribution is 2.36. The molecule has 2 nitrogen and oxygen atoms in total. The van der Waals surface area contributed by atoms with Crippen molar-refractivity contribution >= 4 is 0 Å². The van der Waals surface area contributed by atoms with Gasteiger partial charge in [-0.3, -0.25) is 0 Å². The lowest BCUT2D eigenvalue weighted by Gasteiger charge is -2.29. The molecule has 0 aromatic carbocycles. The predicted molar refractivity (Wildman–Crippen MR) is 56.1 cm³/mol. The van der Waals surface area contributed by atoms with Gasteiger partial charge in [0.25, 0.3) is 0 Å². The molecule has 1 aromatic rings. The minimum absolute atomic E-state index is 0.379. The maximum atomic E-state index is 12.7. The first-order valence-corrected chi connectivity index (χ1v) is 5.69. The van der Waals surface area contributed by atoms with Crippen molar-refractivity contribution in [3.8, 4) is 0 Å². The molecule has 0 radical (unpaired) electrons. The van der Waals surface area contributed by atoms with E-state index in [-0.39, 0.29) is 5.95 Å². The molecule has 0 aliphatic carbocycles. The van der Waals surface area contributed by atoms with E-state index in [2.05, 4.69) is 10.3 Å². The van der Waals surface area contributed by atoms with E-state index in [1.54, 1.807) is 6.20 Å². The van der Waals surface area contributed by atoms with Gasteiger partial charge in [0.05, 0.1) is 0 Å². The largest absolute Gasteiger partial charge is 0.311 e. The number of nitrogens with zero attached hydrogens (tertiary/aromatic N) is 1. The molecule has 2 saturated heterocycles. The average molecular weight is 206 g/mol. The standard InChI is InChI=1S/C12H15FN2/c13-12-4-1-8(7-14-12)9-5-10-2-3-11(6-9)15-10/h1,4,7,9-11,15H,2-3,5-6H2/t9?,10-,11+. The number of nitrogens with one attached hydrogen (secondary N) is 1. The van der Waals surface area contributed by atoms with Crippen molar-refractivity contribution < 1.29 is 4.39 Å². The van der Waals surface area contributed by atoms with E-state index in [1.807, 2.05) is 6.07 Å². The number of hydrogen-bond acceptors (Lipinski definition) is 2. The molecule has 3 heteroatoms. The lowest BCUT2D eigenvalue weighted by molar-refractivity contribution is 0.362.